The molecule has 2 atom stereocenters. The van der Waals surface area contributed by atoms with Gasteiger partial charge in [0.05, 0.1) is 0 Å². The Hall–Kier alpha value is -0.610. The zero-order chi connectivity index (χ0) is 11.7. The molecule has 86 valence electrons. The van der Waals surface area contributed by atoms with Crippen LogP contribution in [0.2, 0.25) is 0 Å². The van der Waals surface area contributed by atoms with Crippen molar-refractivity contribution in [2.24, 2.45) is 11.7 Å². The minimum atomic E-state index is 0.427. The van der Waals surface area contributed by atoms with Gasteiger partial charge in [-0.05, 0) is 46.5 Å². The third kappa shape index (κ3) is 2.55. The molecule has 4 heteroatoms. The maximum atomic E-state index is 5.60. The van der Waals surface area contributed by atoms with Gasteiger partial charge in [0, 0.05) is 21.8 Å². The molecule has 16 heavy (non-hydrogen) atoms. The van der Waals surface area contributed by atoms with E-state index in [1.807, 2.05) is 18.2 Å². The normalized spacial score (nSPS) is 22.9. The van der Waals surface area contributed by atoms with Crippen molar-refractivity contribution < 1.29 is 0 Å². The van der Waals surface area contributed by atoms with Gasteiger partial charge in [0.25, 0.3) is 0 Å². The summed E-state index contributed by atoms with van der Waals surface area (Å²) in [5.41, 5.74) is 7.63. The van der Waals surface area contributed by atoms with Crippen molar-refractivity contribution in [3.05, 3.63) is 28.2 Å². The number of hydrogen-bond acceptors (Lipinski definition) is 2. The fourth-order valence-electron chi connectivity index (χ4n) is 1.89. The highest BCUT2D eigenvalue weighted by Gasteiger charge is 2.34. The molecule has 1 saturated carbocycles. The van der Waals surface area contributed by atoms with Gasteiger partial charge in [-0.15, -0.1) is 0 Å². The molecule has 1 fully saturated rings. The minimum absolute atomic E-state index is 0.427. The highest BCUT2D eigenvalue weighted by Crippen LogP contribution is 2.36. The highest BCUT2D eigenvalue weighted by molar-refractivity contribution is 9.10. The minimum Gasteiger partial charge on any atom is -0.389 e. The van der Waals surface area contributed by atoms with Gasteiger partial charge in [0.2, 0.25) is 0 Å². The van der Waals surface area contributed by atoms with Crippen LogP contribution >= 0.6 is 28.1 Å². The monoisotopic (exact) mass is 298 g/mol. The summed E-state index contributed by atoms with van der Waals surface area (Å²) in [5.74, 6) is 0.842. The molecule has 0 radical (unpaired) electrons. The third-order valence-corrected chi connectivity index (χ3v) is 3.91. The maximum absolute atomic E-state index is 5.60. The Morgan fingerprint density at radius 2 is 2.38 bits per heavy atom. The molecule has 1 aromatic rings. The Kier molecular flexibility index (Phi) is 3.50. The number of anilines is 1. The molecule has 0 aliphatic heterocycles. The van der Waals surface area contributed by atoms with Crippen LogP contribution in [0.15, 0.2) is 22.7 Å². The molecule has 2 unspecified atom stereocenters. The lowest BCUT2D eigenvalue weighted by molar-refractivity contribution is 0.775. The smallest absolute Gasteiger partial charge is 0.105 e. The van der Waals surface area contributed by atoms with E-state index in [-0.39, 0.29) is 0 Å². The van der Waals surface area contributed by atoms with Gasteiger partial charge < -0.3 is 11.1 Å². The molecule has 0 heterocycles. The lowest BCUT2D eigenvalue weighted by atomic mass is 10.2. The molecule has 1 aliphatic rings. The summed E-state index contributed by atoms with van der Waals surface area (Å²) in [7, 11) is 0. The Balaban J connectivity index is 2.07. The molecule has 0 saturated heterocycles. The van der Waals surface area contributed by atoms with Gasteiger partial charge in [0.1, 0.15) is 4.99 Å². The molecule has 0 spiro atoms. The third-order valence-electron chi connectivity index (χ3n) is 3.03. The number of hydrogen-bond donors (Lipinski definition) is 2. The predicted molar refractivity (Wildman–Crippen MR) is 75.8 cm³/mol. The second-order valence-electron chi connectivity index (χ2n) is 4.21. The number of thiocarbonyl (C=S) groups is 1. The highest BCUT2D eigenvalue weighted by atomic mass is 79.9. The van der Waals surface area contributed by atoms with Gasteiger partial charge in [-0.1, -0.05) is 25.6 Å². The van der Waals surface area contributed by atoms with E-state index in [0.29, 0.717) is 11.0 Å². The Morgan fingerprint density at radius 1 is 1.62 bits per heavy atom. The summed E-state index contributed by atoms with van der Waals surface area (Å²) < 4.78 is 0.957. The first-order valence-electron chi connectivity index (χ1n) is 5.47. The standard InChI is InChI=1S/C12H15BrN2S/c1-2-7-5-11(7)15-8-3-4-9(12(14)16)10(13)6-8/h3-4,6-7,11,15H,2,5H2,1H3,(H2,14,16). The number of nitrogens with two attached hydrogens (primary N) is 1. The molecule has 0 amide bonds. The van der Waals surface area contributed by atoms with E-state index in [9.17, 15) is 0 Å². The predicted octanol–water partition coefficient (Wildman–Crippen LogP) is 3.29. The Morgan fingerprint density at radius 3 is 2.88 bits per heavy atom. The second-order valence-corrected chi connectivity index (χ2v) is 5.51. The number of halogens is 1. The summed E-state index contributed by atoms with van der Waals surface area (Å²) in [4.78, 5) is 0.427. The number of benzene rings is 1. The van der Waals surface area contributed by atoms with Crippen LogP contribution < -0.4 is 11.1 Å². The molecule has 3 N–H and O–H groups in total. The van der Waals surface area contributed by atoms with E-state index in [0.717, 1.165) is 21.6 Å². The molecule has 0 bridgehead atoms. The number of rotatable bonds is 4. The first-order chi connectivity index (χ1) is 7.61. The maximum Gasteiger partial charge on any atom is 0.105 e. The quantitative estimate of drug-likeness (QED) is 0.838. The first-order valence-corrected chi connectivity index (χ1v) is 6.67. The van der Waals surface area contributed by atoms with E-state index >= 15 is 0 Å². The van der Waals surface area contributed by atoms with Crippen LogP contribution in [-0.2, 0) is 0 Å². The average Bonchev–Trinajstić information content (AvgIpc) is 2.96. The van der Waals surface area contributed by atoms with Crippen LogP contribution in [0.3, 0.4) is 0 Å². The molecule has 2 rings (SSSR count). The van der Waals surface area contributed by atoms with Gasteiger partial charge in [0.15, 0.2) is 0 Å². The fraction of sp³-hybridized carbons (Fsp3) is 0.417. The van der Waals surface area contributed by atoms with Crippen molar-refractivity contribution in [2.75, 3.05) is 5.32 Å². The summed E-state index contributed by atoms with van der Waals surface area (Å²) in [6, 6.07) is 6.68. The Labute approximate surface area is 110 Å². The zero-order valence-electron chi connectivity index (χ0n) is 9.16. The summed E-state index contributed by atoms with van der Waals surface area (Å²) in [6.45, 7) is 2.23. The van der Waals surface area contributed by atoms with Gasteiger partial charge in [-0.3, -0.25) is 0 Å². The van der Waals surface area contributed by atoms with Gasteiger partial charge in [-0.2, -0.15) is 0 Å². The van der Waals surface area contributed by atoms with E-state index in [4.69, 9.17) is 18.0 Å². The topological polar surface area (TPSA) is 38.0 Å². The van der Waals surface area contributed by atoms with Crippen LogP contribution in [-0.4, -0.2) is 11.0 Å². The summed E-state index contributed by atoms with van der Waals surface area (Å²) in [6.07, 6.45) is 2.54. The van der Waals surface area contributed by atoms with Crippen LogP contribution in [0.25, 0.3) is 0 Å². The van der Waals surface area contributed by atoms with Crippen molar-refractivity contribution in [1.82, 2.24) is 0 Å². The first kappa shape index (κ1) is 11.9. The van der Waals surface area contributed by atoms with Crippen molar-refractivity contribution >= 4 is 38.8 Å². The van der Waals surface area contributed by atoms with E-state index in [1.54, 1.807) is 0 Å². The zero-order valence-corrected chi connectivity index (χ0v) is 11.6. The van der Waals surface area contributed by atoms with E-state index in [2.05, 4.69) is 28.2 Å². The molecular weight excluding hydrogens is 284 g/mol. The van der Waals surface area contributed by atoms with Crippen molar-refractivity contribution in [1.29, 1.82) is 0 Å². The average molecular weight is 299 g/mol. The van der Waals surface area contributed by atoms with Crippen LogP contribution in [0.5, 0.6) is 0 Å². The van der Waals surface area contributed by atoms with Crippen LogP contribution in [0.1, 0.15) is 25.3 Å². The van der Waals surface area contributed by atoms with E-state index < -0.39 is 0 Å². The Bertz CT molecular complexity index is 419. The largest absolute Gasteiger partial charge is 0.389 e. The molecule has 1 aromatic carbocycles. The van der Waals surface area contributed by atoms with Crippen molar-refractivity contribution in [2.45, 2.75) is 25.8 Å². The fourth-order valence-corrected chi connectivity index (χ4v) is 2.80. The van der Waals surface area contributed by atoms with Gasteiger partial charge >= 0.3 is 0 Å². The summed E-state index contributed by atoms with van der Waals surface area (Å²) >= 11 is 8.44. The van der Waals surface area contributed by atoms with E-state index in [1.165, 1.54) is 12.8 Å². The number of nitrogens with one attached hydrogen (secondary N) is 1. The van der Waals surface area contributed by atoms with Crippen molar-refractivity contribution in [3.8, 4) is 0 Å². The molecule has 0 aromatic heterocycles. The molecular formula is C12H15BrN2S. The second kappa shape index (κ2) is 4.72. The van der Waals surface area contributed by atoms with Crippen LogP contribution in [0.4, 0.5) is 5.69 Å². The lowest BCUT2D eigenvalue weighted by Crippen LogP contribution is -2.11. The molecule has 2 nitrogen and oxygen atoms in total. The van der Waals surface area contributed by atoms with Gasteiger partial charge in [-0.25, -0.2) is 0 Å². The van der Waals surface area contributed by atoms with Crippen LogP contribution in [0, 0.1) is 5.92 Å². The summed E-state index contributed by atoms with van der Waals surface area (Å²) in [5, 5.41) is 3.51. The SMILES string of the molecule is CCC1CC1Nc1ccc(C(N)=S)c(Br)c1. The molecule has 1 aliphatic carbocycles. The van der Waals surface area contributed by atoms with Crippen molar-refractivity contribution in [3.63, 3.8) is 0 Å². The lowest BCUT2D eigenvalue weighted by Gasteiger charge is -2.08.